The van der Waals surface area contributed by atoms with Crippen molar-refractivity contribution in [1.82, 2.24) is 0 Å². The van der Waals surface area contributed by atoms with Crippen LogP contribution in [0.15, 0.2) is 12.2 Å². The van der Waals surface area contributed by atoms with Gasteiger partial charge in [0, 0.05) is 12.8 Å². The van der Waals surface area contributed by atoms with Gasteiger partial charge in [0.15, 0.2) is 18.7 Å². The third kappa shape index (κ3) is 32.6. The highest BCUT2D eigenvalue weighted by molar-refractivity contribution is 5.70. The van der Waals surface area contributed by atoms with E-state index in [9.17, 15) is 45.3 Å². The molecule has 2 saturated heterocycles. The smallest absolute Gasteiger partial charge is 0.306 e. The van der Waals surface area contributed by atoms with E-state index in [4.69, 9.17) is 28.4 Å². The number of hydrogen-bond donors (Lipinski definition) is 7. The molecule has 2 aliphatic rings. The molecule has 0 amide bonds. The van der Waals surface area contributed by atoms with Crippen molar-refractivity contribution in [2.45, 2.75) is 319 Å². The fourth-order valence-corrected chi connectivity index (χ4v) is 9.63. The van der Waals surface area contributed by atoms with Crippen molar-refractivity contribution in [1.29, 1.82) is 0 Å². The highest BCUT2D eigenvalue weighted by Gasteiger charge is 2.47. The Labute approximate surface area is 441 Å². The lowest BCUT2D eigenvalue weighted by molar-refractivity contribution is -0.332. The molecule has 0 aromatic carbocycles. The first kappa shape index (κ1) is 67.3. The molecule has 0 spiro atoms. The zero-order valence-corrected chi connectivity index (χ0v) is 45.9. The predicted octanol–water partition coefficient (Wildman–Crippen LogP) is 10.1. The highest BCUT2D eigenvalue weighted by Crippen LogP contribution is 2.27. The molecule has 2 fully saturated rings. The van der Waals surface area contributed by atoms with E-state index in [1.54, 1.807) is 0 Å². The van der Waals surface area contributed by atoms with Gasteiger partial charge in [-0.2, -0.15) is 0 Å². The number of rotatable bonds is 48. The molecule has 0 aromatic rings. The highest BCUT2D eigenvalue weighted by atomic mass is 16.7. The Morgan fingerprint density at radius 3 is 1.22 bits per heavy atom. The lowest BCUT2D eigenvalue weighted by atomic mass is 9.98. The summed E-state index contributed by atoms with van der Waals surface area (Å²) in [7, 11) is 0. The summed E-state index contributed by atoms with van der Waals surface area (Å²) in [4.78, 5) is 25.9. The third-order valence-corrected chi connectivity index (χ3v) is 14.5. The Hall–Kier alpha value is -1.76. The van der Waals surface area contributed by atoms with Gasteiger partial charge in [0.2, 0.25) is 0 Å². The third-order valence-electron chi connectivity index (χ3n) is 14.5. The van der Waals surface area contributed by atoms with Crippen molar-refractivity contribution in [3.05, 3.63) is 12.2 Å². The van der Waals surface area contributed by atoms with Gasteiger partial charge in [-0.3, -0.25) is 9.59 Å². The molecule has 4 unspecified atom stereocenters. The number of aliphatic hydroxyl groups is 7. The van der Waals surface area contributed by atoms with E-state index in [0.717, 1.165) is 44.9 Å². The number of allylic oxidation sites excluding steroid dienone is 2. The summed E-state index contributed by atoms with van der Waals surface area (Å²) in [6.07, 6.45) is 31.0. The number of aliphatic hydroxyl groups excluding tert-OH is 7. The molecule has 7 N–H and O–H groups in total. The largest absolute Gasteiger partial charge is 0.462 e. The topological polar surface area (TPSA) is 231 Å². The van der Waals surface area contributed by atoms with Gasteiger partial charge in [0.1, 0.15) is 55.4 Å². The van der Waals surface area contributed by atoms with E-state index >= 15 is 0 Å². The molecule has 0 aliphatic carbocycles. The van der Waals surface area contributed by atoms with E-state index < -0.39 is 92.7 Å². The van der Waals surface area contributed by atoms with Crippen molar-refractivity contribution in [3.8, 4) is 0 Å². The molecule has 0 aromatic heterocycles. The van der Waals surface area contributed by atoms with Crippen LogP contribution in [0.25, 0.3) is 0 Å². The average molecular weight is 1050 g/mol. The van der Waals surface area contributed by atoms with Crippen LogP contribution in [0.5, 0.6) is 0 Å². The van der Waals surface area contributed by atoms with Crippen LogP contribution in [0.1, 0.15) is 251 Å². The Morgan fingerprint density at radius 2 is 0.781 bits per heavy atom. The van der Waals surface area contributed by atoms with Gasteiger partial charge >= 0.3 is 11.9 Å². The van der Waals surface area contributed by atoms with E-state index in [2.05, 4.69) is 26.0 Å². The first-order chi connectivity index (χ1) is 35.5. The Balaban J connectivity index is 1.72. The summed E-state index contributed by atoms with van der Waals surface area (Å²) >= 11 is 0. The monoisotopic (exact) mass is 1040 g/mol. The number of carbonyl (C=O) groups excluding carboxylic acids is 2. The molecule has 2 rings (SSSR count). The second-order valence-electron chi connectivity index (χ2n) is 21.2. The summed E-state index contributed by atoms with van der Waals surface area (Å²) in [5.74, 6) is -0.927. The molecule has 0 bridgehead atoms. The van der Waals surface area contributed by atoms with Gasteiger partial charge in [-0.05, 0) is 38.5 Å². The minimum atomic E-state index is -1.76. The van der Waals surface area contributed by atoms with Gasteiger partial charge in [-0.1, -0.05) is 212 Å². The van der Waals surface area contributed by atoms with Crippen LogP contribution >= 0.6 is 0 Å². The molecule has 73 heavy (non-hydrogen) atoms. The molecular weight excluding hydrogens is 937 g/mol. The number of carbonyl (C=O) groups is 2. The normalized spacial score (nSPS) is 24.8. The predicted molar refractivity (Wildman–Crippen MR) is 285 cm³/mol. The Bertz CT molecular complexity index is 1320. The number of unbranched alkanes of at least 4 members (excludes halogenated alkanes) is 32. The minimum absolute atomic E-state index is 0.150. The maximum Gasteiger partial charge on any atom is 0.306 e. The van der Waals surface area contributed by atoms with Gasteiger partial charge in [-0.25, -0.2) is 0 Å². The molecular formula is C58H108O15. The lowest BCUT2D eigenvalue weighted by Gasteiger charge is -2.42. The second-order valence-corrected chi connectivity index (χ2v) is 21.2. The number of esters is 2. The summed E-state index contributed by atoms with van der Waals surface area (Å²) in [5, 5.41) is 72.3. The van der Waals surface area contributed by atoms with Crippen LogP contribution in [0.3, 0.4) is 0 Å². The lowest BCUT2D eigenvalue weighted by Crippen LogP contribution is -2.61. The number of hydrogen-bond acceptors (Lipinski definition) is 15. The van der Waals surface area contributed by atoms with Crippen molar-refractivity contribution in [3.63, 3.8) is 0 Å². The van der Waals surface area contributed by atoms with Crippen LogP contribution in [-0.2, 0) is 38.0 Å². The quantitative estimate of drug-likeness (QED) is 0.0171. The molecule has 0 radical (unpaired) electrons. The van der Waals surface area contributed by atoms with Crippen molar-refractivity contribution < 1.29 is 73.8 Å². The molecule has 2 aliphatic heterocycles. The van der Waals surface area contributed by atoms with Crippen molar-refractivity contribution >= 4 is 11.9 Å². The Kier molecular flexibility index (Phi) is 41.8. The second kappa shape index (κ2) is 45.3. The van der Waals surface area contributed by atoms with Gasteiger partial charge in [0.05, 0.1) is 19.8 Å². The summed E-state index contributed by atoms with van der Waals surface area (Å²) in [6, 6.07) is 0. The summed E-state index contributed by atoms with van der Waals surface area (Å²) < 4.78 is 33.7. The first-order valence-corrected chi connectivity index (χ1v) is 29.8. The summed E-state index contributed by atoms with van der Waals surface area (Å²) in [5.41, 5.74) is 0. The molecule has 15 nitrogen and oxygen atoms in total. The van der Waals surface area contributed by atoms with E-state index in [1.165, 1.54) is 167 Å². The van der Waals surface area contributed by atoms with Crippen LogP contribution in [-0.4, -0.2) is 142 Å². The van der Waals surface area contributed by atoms with E-state index in [0.29, 0.717) is 12.8 Å². The van der Waals surface area contributed by atoms with Gasteiger partial charge in [0.25, 0.3) is 0 Å². The standard InChI is InChI=1S/C58H108O15/c1-3-5-7-9-11-13-15-17-19-20-21-22-23-24-25-27-28-30-32-34-36-38-40-49(60)68-43-46(71-50(61)41-39-37-35-33-31-29-26-18-16-14-12-10-8-6-4-2)44-69-57-56(67)54(65)52(63)48(73-57)45-70-58-55(66)53(64)51(62)47(42-59)72-58/h29,31,46-48,51-59,62-67H,3-28,30,32-45H2,1-2H3/b31-29+/t46-,47+,48+,51-,52-,53?,54?,55?,56?,57+,58+/m0/s1. The van der Waals surface area contributed by atoms with Crippen LogP contribution in [0.2, 0.25) is 0 Å². The van der Waals surface area contributed by atoms with Gasteiger partial charge < -0.3 is 64.2 Å². The molecule has 430 valence electrons. The zero-order chi connectivity index (χ0) is 53.2. The van der Waals surface area contributed by atoms with E-state index in [-0.39, 0.29) is 26.1 Å². The Morgan fingerprint density at radius 1 is 0.425 bits per heavy atom. The molecule has 15 heteroatoms. The molecule has 11 atom stereocenters. The summed E-state index contributed by atoms with van der Waals surface area (Å²) in [6.45, 7) is 2.63. The van der Waals surface area contributed by atoms with Crippen LogP contribution in [0.4, 0.5) is 0 Å². The average Bonchev–Trinajstić information content (AvgIpc) is 3.38. The van der Waals surface area contributed by atoms with Crippen molar-refractivity contribution in [2.75, 3.05) is 26.4 Å². The van der Waals surface area contributed by atoms with Crippen molar-refractivity contribution in [2.24, 2.45) is 0 Å². The first-order valence-electron chi connectivity index (χ1n) is 29.8. The molecule has 0 saturated carbocycles. The molecule has 2 heterocycles. The maximum atomic E-state index is 13.0. The minimum Gasteiger partial charge on any atom is -0.462 e. The zero-order valence-electron chi connectivity index (χ0n) is 45.9. The van der Waals surface area contributed by atoms with Gasteiger partial charge in [-0.15, -0.1) is 0 Å². The SMILES string of the molecule is CCCCCCCCCC/C=C/CCCCCC(=O)O[C@@H](COC(=O)CCCCCCCCCCCCCCCCCCCCCCCC)CO[C@@H]1O[C@H](CO[C@@H]2O[C@H](CO)[C@H](O)C(O)C2O)[C@H](O)C(O)C1O. The van der Waals surface area contributed by atoms with Crippen LogP contribution in [0, 0.1) is 0 Å². The number of ether oxygens (including phenoxy) is 6. The van der Waals surface area contributed by atoms with E-state index in [1.807, 2.05) is 0 Å². The van der Waals surface area contributed by atoms with Crippen LogP contribution < -0.4 is 0 Å². The maximum absolute atomic E-state index is 13.0. The fraction of sp³-hybridized carbons (Fsp3) is 0.931. The fourth-order valence-electron chi connectivity index (χ4n) is 9.63.